The van der Waals surface area contributed by atoms with Crippen LogP contribution in [0.1, 0.15) is 28.8 Å². The molecule has 6 nitrogen and oxygen atoms in total. The maximum absolute atomic E-state index is 13.6. The molecule has 0 aliphatic carbocycles. The fourth-order valence-electron chi connectivity index (χ4n) is 4.64. The summed E-state index contributed by atoms with van der Waals surface area (Å²) in [7, 11) is 0. The number of halogens is 1. The van der Waals surface area contributed by atoms with Crippen LogP contribution in [0.5, 0.6) is 5.75 Å². The molecule has 4 unspecified atom stereocenters. The lowest BCUT2D eigenvalue weighted by molar-refractivity contribution is -0.131. The molecule has 2 aromatic carbocycles. The summed E-state index contributed by atoms with van der Waals surface area (Å²) >= 11 is 0. The summed E-state index contributed by atoms with van der Waals surface area (Å²) in [6.45, 7) is 0.400. The monoisotopic (exact) mass is 404 g/mol. The molecule has 0 radical (unpaired) electrons. The number of nitrogens with zero attached hydrogens (tertiary/aromatic N) is 2. The molecule has 3 N–H and O–H groups in total. The van der Waals surface area contributed by atoms with Gasteiger partial charge in [0.05, 0.1) is 12.1 Å². The smallest absolute Gasteiger partial charge is 0.242 e. The molecule has 1 amide bonds. The average Bonchev–Trinajstić information content (AvgIpc) is 3.30. The maximum Gasteiger partial charge on any atom is 0.242 e. The first kappa shape index (κ1) is 18.7. The van der Waals surface area contributed by atoms with E-state index in [4.69, 9.17) is 0 Å². The van der Waals surface area contributed by atoms with Crippen LogP contribution in [0, 0.1) is 11.7 Å². The van der Waals surface area contributed by atoms with Crippen LogP contribution in [-0.2, 0) is 11.3 Å². The number of phenolic OH excluding ortho intramolecular Hbond substituents is 1. The van der Waals surface area contributed by atoms with Gasteiger partial charge in [-0.05, 0) is 35.4 Å². The number of carbonyl (C=O) groups excluding carboxylic acids is 1. The van der Waals surface area contributed by atoms with Crippen molar-refractivity contribution in [2.24, 2.45) is 5.92 Å². The maximum atomic E-state index is 13.6. The van der Waals surface area contributed by atoms with Crippen molar-refractivity contribution in [3.8, 4) is 5.75 Å². The van der Waals surface area contributed by atoms with Gasteiger partial charge in [0.2, 0.25) is 5.91 Å². The minimum absolute atomic E-state index is 0.0383. The fourth-order valence-corrected chi connectivity index (χ4v) is 4.64. The Morgan fingerprint density at radius 3 is 2.50 bits per heavy atom. The van der Waals surface area contributed by atoms with E-state index in [1.165, 1.54) is 12.1 Å². The Hall–Kier alpha value is -3.29. The van der Waals surface area contributed by atoms with Gasteiger partial charge >= 0.3 is 0 Å². The van der Waals surface area contributed by atoms with E-state index in [2.05, 4.69) is 15.8 Å². The number of aromatic nitrogens is 1. The van der Waals surface area contributed by atoms with Gasteiger partial charge in [0.25, 0.3) is 0 Å². The lowest BCUT2D eigenvalue weighted by Crippen LogP contribution is -2.41. The van der Waals surface area contributed by atoms with Crippen molar-refractivity contribution in [2.75, 3.05) is 0 Å². The summed E-state index contributed by atoms with van der Waals surface area (Å²) in [5.74, 6) is -0.372. The number of para-hydroxylation sites is 1. The lowest BCUT2D eigenvalue weighted by Gasteiger charge is -2.31. The van der Waals surface area contributed by atoms with Crippen LogP contribution >= 0.6 is 0 Å². The zero-order valence-corrected chi connectivity index (χ0v) is 16.1. The number of pyridine rings is 1. The van der Waals surface area contributed by atoms with Crippen molar-refractivity contribution in [3.63, 3.8) is 0 Å². The van der Waals surface area contributed by atoms with E-state index >= 15 is 0 Å². The van der Waals surface area contributed by atoms with Gasteiger partial charge in [-0.3, -0.25) is 9.78 Å². The summed E-state index contributed by atoms with van der Waals surface area (Å²) in [6, 6.07) is 16.2. The second kappa shape index (κ2) is 7.51. The first-order chi connectivity index (χ1) is 14.6. The van der Waals surface area contributed by atoms with Gasteiger partial charge in [0.1, 0.15) is 17.6 Å². The lowest BCUT2D eigenvalue weighted by atomic mass is 9.83. The molecule has 0 bridgehead atoms. The van der Waals surface area contributed by atoms with E-state index in [-0.39, 0.29) is 35.5 Å². The highest BCUT2D eigenvalue weighted by molar-refractivity contribution is 5.86. The number of aromatic hydroxyl groups is 1. The Morgan fingerprint density at radius 2 is 1.77 bits per heavy atom. The van der Waals surface area contributed by atoms with Gasteiger partial charge in [0, 0.05) is 30.4 Å². The second-order valence-electron chi connectivity index (χ2n) is 7.70. The number of hydrazine groups is 1. The van der Waals surface area contributed by atoms with Gasteiger partial charge in [-0.1, -0.05) is 36.4 Å². The number of hydrogen-bond donors (Lipinski definition) is 3. The quantitative estimate of drug-likeness (QED) is 0.623. The Balaban J connectivity index is 1.58. The van der Waals surface area contributed by atoms with Crippen molar-refractivity contribution < 1.29 is 14.3 Å². The van der Waals surface area contributed by atoms with Crippen molar-refractivity contribution in [3.05, 3.63) is 95.6 Å². The molecular formula is C23H21FN4O2. The van der Waals surface area contributed by atoms with Gasteiger partial charge in [-0.2, -0.15) is 0 Å². The molecule has 2 fully saturated rings. The van der Waals surface area contributed by atoms with E-state index in [1.807, 2.05) is 29.2 Å². The third kappa shape index (κ3) is 3.12. The van der Waals surface area contributed by atoms with Crippen molar-refractivity contribution >= 4 is 5.91 Å². The zero-order valence-electron chi connectivity index (χ0n) is 16.1. The molecule has 3 aromatic rings. The summed E-state index contributed by atoms with van der Waals surface area (Å²) < 4.78 is 13.6. The molecule has 3 heterocycles. The minimum atomic E-state index is -0.457. The van der Waals surface area contributed by atoms with Gasteiger partial charge < -0.3 is 10.0 Å². The average molecular weight is 404 g/mol. The van der Waals surface area contributed by atoms with Gasteiger partial charge in [0.15, 0.2) is 0 Å². The van der Waals surface area contributed by atoms with Gasteiger partial charge in [-0.25, -0.2) is 15.2 Å². The van der Waals surface area contributed by atoms with Crippen LogP contribution in [-0.4, -0.2) is 26.9 Å². The molecule has 0 saturated carbocycles. The van der Waals surface area contributed by atoms with Crippen molar-refractivity contribution in [1.82, 2.24) is 20.7 Å². The molecule has 4 atom stereocenters. The highest BCUT2D eigenvalue weighted by atomic mass is 19.1. The second-order valence-corrected chi connectivity index (χ2v) is 7.70. The number of phenols is 1. The summed E-state index contributed by atoms with van der Waals surface area (Å²) in [4.78, 5) is 19.3. The van der Waals surface area contributed by atoms with Crippen LogP contribution in [0.4, 0.5) is 4.39 Å². The normalized spacial score (nSPS) is 25.5. The number of amides is 1. The van der Waals surface area contributed by atoms with Crippen molar-refractivity contribution in [1.29, 1.82) is 0 Å². The van der Waals surface area contributed by atoms with E-state index in [0.29, 0.717) is 6.54 Å². The number of likely N-dealkylation sites (tertiary alicyclic amines) is 1. The first-order valence-corrected chi connectivity index (χ1v) is 9.87. The first-order valence-electron chi connectivity index (χ1n) is 9.87. The molecule has 7 heteroatoms. The number of hydrogen-bond acceptors (Lipinski definition) is 5. The molecule has 2 aliphatic heterocycles. The molecule has 2 saturated heterocycles. The van der Waals surface area contributed by atoms with Crippen LogP contribution in [0.2, 0.25) is 0 Å². The molecule has 5 rings (SSSR count). The molecule has 30 heavy (non-hydrogen) atoms. The van der Waals surface area contributed by atoms with E-state index < -0.39 is 6.04 Å². The number of fused-ring (bicyclic) bond motifs is 1. The summed E-state index contributed by atoms with van der Waals surface area (Å²) in [5.41, 5.74) is 8.82. The van der Waals surface area contributed by atoms with Crippen LogP contribution in [0.3, 0.4) is 0 Å². The van der Waals surface area contributed by atoms with Crippen LogP contribution in [0.15, 0.2) is 73.1 Å². The predicted molar refractivity (Wildman–Crippen MR) is 108 cm³/mol. The Labute approximate surface area is 173 Å². The third-order valence-corrected chi connectivity index (χ3v) is 5.97. The molecular weight excluding hydrogens is 383 g/mol. The van der Waals surface area contributed by atoms with Gasteiger partial charge in [-0.15, -0.1) is 0 Å². The number of benzene rings is 2. The number of rotatable bonds is 4. The molecule has 2 aliphatic rings. The van der Waals surface area contributed by atoms with E-state index in [1.54, 1.807) is 36.7 Å². The highest BCUT2D eigenvalue weighted by Gasteiger charge is 2.55. The topological polar surface area (TPSA) is 77.5 Å². The van der Waals surface area contributed by atoms with Crippen LogP contribution < -0.4 is 10.9 Å². The largest absolute Gasteiger partial charge is 0.508 e. The summed E-state index contributed by atoms with van der Waals surface area (Å²) in [5, 5.41) is 10.4. The third-order valence-electron chi connectivity index (χ3n) is 5.97. The SMILES string of the molecule is O=C1C2NNC(c3ccccc3O)C2C(c2ccc(F)cc2)N1Cc1cccnc1. The zero-order chi connectivity index (χ0) is 20.7. The Morgan fingerprint density at radius 1 is 1.00 bits per heavy atom. The summed E-state index contributed by atoms with van der Waals surface area (Å²) in [6.07, 6.45) is 3.44. The molecule has 152 valence electrons. The van der Waals surface area contributed by atoms with Crippen LogP contribution in [0.25, 0.3) is 0 Å². The fraction of sp³-hybridized carbons (Fsp3) is 0.217. The van der Waals surface area contributed by atoms with E-state index in [0.717, 1.165) is 16.7 Å². The number of nitrogens with one attached hydrogen (secondary N) is 2. The van der Waals surface area contributed by atoms with E-state index in [9.17, 15) is 14.3 Å². The molecule has 0 spiro atoms. The molecule has 1 aromatic heterocycles. The van der Waals surface area contributed by atoms with Crippen molar-refractivity contribution in [2.45, 2.75) is 24.7 Å². The Bertz CT molecular complexity index is 1060. The number of carbonyl (C=O) groups is 1. The Kier molecular flexibility index (Phi) is 4.69. The minimum Gasteiger partial charge on any atom is -0.508 e. The highest BCUT2D eigenvalue weighted by Crippen LogP contribution is 2.48. The predicted octanol–water partition coefficient (Wildman–Crippen LogP) is 2.84. The standard InChI is InChI=1S/C23H21FN4O2/c24-16-9-7-15(8-10-16)22-19-20(17-5-1-2-6-18(17)29)26-27-21(19)23(30)28(22)13-14-4-3-11-25-12-14/h1-12,19-22,26-27,29H,13H2.